The second-order valence-corrected chi connectivity index (χ2v) is 5.46. The third-order valence-corrected chi connectivity index (χ3v) is 3.95. The highest BCUT2D eigenvalue weighted by Gasteiger charge is 2.26. The molecule has 1 aliphatic carbocycles. The standard InChI is InChI=1S/C16H24N2O3/c1-12-15(4-3-9-17-12)18-16(19)13-5-7-14(8-6-13)21-11-10-20-2/h3-4,9,13-14H,5-8,10-11H2,1-2H3,(H,18,19). The minimum Gasteiger partial charge on any atom is -0.382 e. The minimum absolute atomic E-state index is 0.0758. The molecule has 2 rings (SSSR count). The molecule has 1 aromatic heterocycles. The van der Waals surface area contributed by atoms with Crippen molar-refractivity contribution in [3.63, 3.8) is 0 Å². The quantitative estimate of drug-likeness (QED) is 0.819. The number of aromatic nitrogens is 1. The number of rotatable bonds is 6. The van der Waals surface area contributed by atoms with Gasteiger partial charge in [0.15, 0.2) is 0 Å². The number of nitrogens with one attached hydrogen (secondary N) is 1. The number of hydrogen-bond acceptors (Lipinski definition) is 4. The number of ether oxygens (including phenoxy) is 2. The van der Waals surface area contributed by atoms with Crippen LogP contribution in [0.25, 0.3) is 0 Å². The van der Waals surface area contributed by atoms with Crippen molar-refractivity contribution in [1.29, 1.82) is 0 Å². The van der Waals surface area contributed by atoms with Gasteiger partial charge in [0.05, 0.1) is 30.7 Å². The lowest BCUT2D eigenvalue weighted by atomic mass is 9.86. The van der Waals surface area contributed by atoms with Crippen molar-refractivity contribution in [1.82, 2.24) is 4.98 Å². The van der Waals surface area contributed by atoms with Crippen molar-refractivity contribution in [3.05, 3.63) is 24.0 Å². The van der Waals surface area contributed by atoms with Crippen molar-refractivity contribution < 1.29 is 14.3 Å². The van der Waals surface area contributed by atoms with E-state index in [1.54, 1.807) is 13.3 Å². The molecule has 1 amide bonds. The summed E-state index contributed by atoms with van der Waals surface area (Å²) < 4.78 is 10.7. The first-order valence-electron chi connectivity index (χ1n) is 7.53. The zero-order valence-electron chi connectivity index (χ0n) is 12.8. The second-order valence-electron chi connectivity index (χ2n) is 5.46. The van der Waals surface area contributed by atoms with Crippen LogP contribution in [0.3, 0.4) is 0 Å². The van der Waals surface area contributed by atoms with Crippen LogP contribution in [0.2, 0.25) is 0 Å². The molecule has 0 spiro atoms. The smallest absolute Gasteiger partial charge is 0.227 e. The van der Waals surface area contributed by atoms with E-state index in [2.05, 4.69) is 10.3 Å². The van der Waals surface area contributed by atoms with E-state index >= 15 is 0 Å². The number of aryl methyl sites for hydroxylation is 1. The predicted molar refractivity (Wildman–Crippen MR) is 81.2 cm³/mol. The second kappa shape index (κ2) is 8.10. The normalized spacial score (nSPS) is 22.0. The predicted octanol–water partition coefficient (Wildman–Crippen LogP) is 2.55. The van der Waals surface area contributed by atoms with Crippen LogP contribution in [0.5, 0.6) is 0 Å². The Labute approximate surface area is 126 Å². The molecule has 0 aromatic carbocycles. The van der Waals surface area contributed by atoms with Crippen LogP contribution in [-0.4, -0.2) is 37.3 Å². The van der Waals surface area contributed by atoms with Gasteiger partial charge in [0.2, 0.25) is 5.91 Å². The fourth-order valence-electron chi connectivity index (χ4n) is 2.64. The molecular weight excluding hydrogens is 268 g/mol. The number of amides is 1. The van der Waals surface area contributed by atoms with Gasteiger partial charge in [-0.3, -0.25) is 9.78 Å². The summed E-state index contributed by atoms with van der Waals surface area (Å²) in [7, 11) is 1.67. The van der Waals surface area contributed by atoms with Gasteiger partial charge in [-0.05, 0) is 44.7 Å². The molecule has 1 fully saturated rings. The lowest BCUT2D eigenvalue weighted by molar-refractivity contribution is -0.121. The Kier molecular flexibility index (Phi) is 6.14. The molecule has 0 unspecified atom stereocenters. The molecule has 5 nitrogen and oxygen atoms in total. The third-order valence-electron chi connectivity index (χ3n) is 3.95. The van der Waals surface area contributed by atoms with Crippen LogP contribution in [0.4, 0.5) is 5.69 Å². The van der Waals surface area contributed by atoms with E-state index in [4.69, 9.17) is 9.47 Å². The SMILES string of the molecule is COCCOC1CCC(C(=O)Nc2cccnc2C)CC1. The summed E-state index contributed by atoms with van der Waals surface area (Å²) in [6, 6.07) is 3.73. The van der Waals surface area contributed by atoms with Gasteiger partial charge in [0.25, 0.3) is 0 Å². The molecule has 1 heterocycles. The molecule has 5 heteroatoms. The van der Waals surface area contributed by atoms with Crippen LogP contribution in [0.15, 0.2) is 18.3 Å². The Balaban J connectivity index is 1.77. The lowest BCUT2D eigenvalue weighted by Gasteiger charge is -2.27. The third kappa shape index (κ3) is 4.79. The first-order valence-corrected chi connectivity index (χ1v) is 7.53. The number of carbonyl (C=O) groups is 1. The summed E-state index contributed by atoms with van der Waals surface area (Å²) in [5.74, 6) is 0.174. The maximum atomic E-state index is 12.3. The fraction of sp³-hybridized carbons (Fsp3) is 0.625. The van der Waals surface area contributed by atoms with E-state index in [-0.39, 0.29) is 17.9 Å². The summed E-state index contributed by atoms with van der Waals surface area (Å²) in [5.41, 5.74) is 1.66. The number of nitrogens with zero attached hydrogens (tertiary/aromatic N) is 1. The first kappa shape index (κ1) is 15.9. The Hall–Kier alpha value is -1.46. The summed E-state index contributed by atoms with van der Waals surface area (Å²) in [5, 5.41) is 2.98. The fourth-order valence-corrected chi connectivity index (χ4v) is 2.64. The summed E-state index contributed by atoms with van der Waals surface area (Å²) in [6.07, 6.45) is 5.63. The highest BCUT2D eigenvalue weighted by molar-refractivity contribution is 5.93. The summed E-state index contributed by atoms with van der Waals surface area (Å²) in [4.78, 5) is 16.5. The summed E-state index contributed by atoms with van der Waals surface area (Å²) in [6.45, 7) is 3.16. The molecule has 1 aliphatic rings. The maximum Gasteiger partial charge on any atom is 0.227 e. The monoisotopic (exact) mass is 292 g/mol. The average molecular weight is 292 g/mol. The summed E-state index contributed by atoms with van der Waals surface area (Å²) >= 11 is 0. The maximum absolute atomic E-state index is 12.3. The van der Waals surface area contributed by atoms with Gasteiger partial charge in [0, 0.05) is 19.2 Å². The van der Waals surface area contributed by atoms with E-state index in [0.29, 0.717) is 13.2 Å². The molecule has 1 N–H and O–H groups in total. The molecule has 1 aromatic rings. The van der Waals surface area contributed by atoms with E-state index in [9.17, 15) is 4.79 Å². The van der Waals surface area contributed by atoms with Gasteiger partial charge < -0.3 is 14.8 Å². The molecule has 0 atom stereocenters. The largest absolute Gasteiger partial charge is 0.382 e. The number of hydrogen-bond donors (Lipinski definition) is 1. The number of anilines is 1. The Bertz CT molecular complexity index is 457. The number of carbonyl (C=O) groups excluding carboxylic acids is 1. The molecule has 0 radical (unpaired) electrons. The highest BCUT2D eigenvalue weighted by Crippen LogP contribution is 2.27. The van der Waals surface area contributed by atoms with Gasteiger partial charge in [-0.25, -0.2) is 0 Å². The Morgan fingerprint density at radius 3 is 2.76 bits per heavy atom. The van der Waals surface area contributed by atoms with Gasteiger partial charge in [-0.2, -0.15) is 0 Å². The van der Waals surface area contributed by atoms with Gasteiger partial charge in [0.1, 0.15) is 0 Å². The van der Waals surface area contributed by atoms with Crippen molar-refractivity contribution in [3.8, 4) is 0 Å². The van der Waals surface area contributed by atoms with E-state index in [0.717, 1.165) is 37.1 Å². The molecule has 0 saturated heterocycles. The van der Waals surface area contributed by atoms with Crippen LogP contribution in [0.1, 0.15) is 31.4 Å². The molecule has 1 saturated carbocycles. The Morgan fingerprint density at radius 2 is 2.10 bits per heavy atom. The first-order chi connectivity index (χ1) is 10.2. The van der Waals surface area contributed by atoms with E-state index in [1.165, 1.54) is 0 Å². The highest BCUT2D eigenvalue weighted by atomic mass is 16.5. The zero-order chi connectivity index (χ0) is 15.1. The van der Waals surface area contributed by atoms with Crippen LogP contribution < -0.4 is 5.32 Å². The van der Waals surface area contributed by atoms with Crippen molar-refractivity contribution in [2.24, 2.45) is 5.92 Å². The van der Waals surface area contributed by atoms with Crippen LogP contribution >= 0.6 is 0 Å². The molecular formula is C16H24N2O3. The average Bonchev–Trinajstić information content (AvgIpc) is 2.50. The van der Waals surface area contributed by atoms with Crippen molar-refractivity contribution in [2.75, 3.05) is 25.6 Å². The van der Waals surface area contributed by atoms with E-state index in [1.807, 2.05) is 19.1 Å². The minimum atomic E-state index is 0.0758. The van der Waals surface area contributed by atoms with Crippen molar-refractivity contribution >= 4 is 11.6 Å². The van der Waals surface area contributed by atoms with Crippen LogP contribution in [-0.2, 0) is 14.3 Å². The van der Waals surface area contributed by atoms with Gasteiger partial charge in [-0.15, -0.1) is 0 Å². The van der Waals surface area contributed by atoms with Gasteiger partial charge in [-0.1, -0.05) is 0 Å². The molecule has 116 valence electrons. The molecule has 0 aliphatic heterocycles. The number of pyridine rings is 1. The van der Waals surface area contributed by atoms with Gasteiger partial charge >= 0.3 is 0 Å². The van der Waals surface area contributed by atoms with Crippen LogP contribution in [0, 0.1) is 12.8 Å². The van der Waals surface area contributed by atoms with E-state index < -0.39 is 0 Å². The number of methoxy groups -OCH3 is 1. The lowest BCUT2D eigenvalue weighted by Crippen LogP contribution is -2.30. The molecule has 0 bridgehead atoms. The topological polar surface area (TPSA) is 60.5 Å². The zero-order valence-corrected chi connectivity index (χ0v) is 12.8. The Morgan fingerprint density at radius 1 is 1.33 bits per heavy atom. The molecule has 21 heavy (non-hydrogen) atoms. The van der Waals surface area contributed by atoms with Crippen molar-refractivity contribution in [2.45, 2.75) is 38.7 Å².